The lowest BCUT2D eigenvalue weighted by Gasteiger charge is -2.36. The van der Waals surface area contributed by atoms with E-state index in [0.717, 1.165) is 5.57 Å². The first-order chi connectivity index (χ1) is 13.6. The van der Waals surface area contributed by atoms with Crippen LogP contribution < -0.4 is 5.32 Å². The molecule has 0 saturated carbocycles. The minimum Gasteiger partial charge on any atom is -0.468 e. The van der Waals surface area contributed by atoms with E-state index >= 15 is 0 Å². The van der Waals surface area contributed by atoms with Crippen molar-refractivity contribution < 1.29 is 28.3 Å². The molecule has 0 bridgehead atoms. The fourth-order valence-corrected chi connectivity index (χ4v) is 3.49. The molecule has 1 aliphatic rings. The van der Waals surface area contributed by atoms with Crippen LogP contribution >= 0.6 is 0 Å². The van der Waals surface area contributed by atoms with Gasteiger partial charge in [-0.1, -0.05) is 26.8 Å². The Bertz CT molecular complexity index is 676. The fraction of sp³-hybridized carbons (Fsp3) is 0.762. The van der Waals surface area contributed by atoms with Gasteiger partial charge in [0, 0.05) is 6.54 Å². The smallest absolute Gasteiger partial charge is 0.408 e. The molecular weight excluding hydrogens is 404 g/mol. The standard InChI is InChI=1S/C21H38N2O6Si/c1-20(2,3)29-19(26)22-16-11-10-15(14-28-30(8,9)21(4,5)6)12-23(18(16)25)13-17(24)27-7/h10,16H,11-14H2,1-9H3,(H,22,26). The molecule has 0 aromatic heterocycles. The molecule has 9 heteroatoms. The minimum absolute atomic E-state index is 0.0562. The van der Waals surface area contributed by atoms with E-state index in [1.807, 2.05) is 6.08 Å². The highest BCUT2D eigenvalue weighted by Crippen LogP contribution is 2.36. The summed E-state index contributed by atoms with van der Waals surface area (Å²) in [7, 11) is -0.703. The summed E-state index contributed by atoms with van der Waals surface area (Å²) in [5.74, 6) is -0.879. The van der Waals surface area contributed by atoms with Crippen molar-refractivity contribution in [2.75, 3.05) is 26.8 Å². The molecule has 0 aromatic rings. The number of nitrogens with zero attached hydrogens (tertiary/aromatic N) is 1. The summed E-state index contributed by atoms with van der Waals surface area (Å²) >= 11 is 0. The van der Waals surface area contributed by atoms with Gasteiger partial charge < -0.3 is 24.1 Å². The summed E-state index contributed by atoms with van der Waals surface area (Å²) in [6.07, 6.45) is 1.53. The van der Waals surface area contributed by atoms with Crippen LogP contribution in [0.25, 0.3) is 0 Å². The van der Waals surface area contributed by atoms with Crippen LogP contribution in [-0.4, -0.2) is 69.6 Å². The third kappa shape index (κ3) is 8.10. The van der Waals surface area contributed by atoms with Crippen molar-refractivity contribution in [3.05, 3.63) is 11.6 Å². The van der Waals surface area contributed by atoms with Crippen LogP contribution in [0, 0.1) is 0 Å². The molecule has 0 radical (unpaired) electrons. The molecule has 1 rings (SSSR count). The number of ether oxygens (including phenoxy) is 2. The third-order valence-electron chi connectivity index (χ3n) is 5.31. The number of esters is 1. The van der Waals surface area contributed by atoms with Gasteiger partial charge in [-0.2, -0.15) is 0 Å². The number of amides is 2. The summed E-state index contributed by atoms with van der Waals surface area (Å²) in [4.78, 5) is 38.4. The van der Waals surface area contributed by atoms with Gasteiger partial charge in [-0.25, -0.2) is 4.79 Å². The van der Waals surface area contributed by atoms with Crippen LogP contribution in [0.3, 0.4) is 0 Å². The first kappa shape index (κ1) is 26.2. The van der Waals surface area contributed by atoms with Crippen LogP contribution in [0.5, 0.6) is 0 Å². The Kier molecular flexibility index (Phi) is 8.68. The summed E-state index contributed by atoms with van der Waals surface area (Å²) in [5, 5.41) is 2.68. The highest BCUT2D eigenvalue weighted by Gasteiger charge is 2.38. The molecule has 1 N–H and O–H groups in total. The maximum absolute atomic E-state index is 13.0. The van der Waals surface area contributed by atoms with Crippen molar-refractivity contribution >= 4 is 26.3 Å². The molecule has 172 valence electrons. The molecule has 1 unspecified atom stereocenters. The molecule has 1 aliphatic heterocycles. The average molecular weight is 443 g/mol. The van der Waals surface area contributed by atoms with Crippen molar-refractivity contribution in [2.24, 2.45) is 0 Å². The van der Waals surface area contributed by atoms with Crippen molar-refractivity contribution in [1.29, 1.82) is 0 Å². The number of hydrogen-bond donors (Lipinski definition) is 1. The van der Waals surface area contributed by atoms with Crippen LogP contribution in [0.15, 0.2) is 11.6 Å². The third-order valence-corrected chi connectivity index (χ3v) is 9.79. The number of carbonyl (C=O) groups excluding carboxylic acids is 3. The van der Waals surface area contributed by atoms with Gasteiger partial charge in [0.25, 0.3) is 0 Å². The van der Waals surface area contributed by atoms with Gasteiger partial charge in [0.15, 0.2) is 8.32 Å². The molecule has 1 heterocycles. The first-order valence-corrected chi connectivity index (χ1v) is 13.1. The molecule has 0 fully saturated rings. The number of methoxy groups -OCH3 is 1. The van der Waals surface area contributed by atoms with E-state index in [4.69, 9.17) is 13.9 Å². The lowest BCUT2D eigenvalue weighted by atomic mass is 10.1. The number of nitrogens with one attached hydrogen (secondary N) is 1. The van der Waals surface area contributed by atoms with Crippen LogP contribution in [-0.2, 0) is 23.5 Å². The highest BCUT2D eigenvalue weighted by atomic mass is 28.4. The SMILES string of the molecule is COC(=O)CN1CC(CO[Si](C)(C)C(C)(C)C)=CCC(NC(=O)OC(C)(C)C)C1=O. The van der Waals surface area contributed by atoms with Gasteiger partial charge in [-0.3, -0.25) is 9.59 Å². The summed E-state index contributed by atoms with van der Waals surface area (Å²) in [5.41, 5.74) is 0.215. The Morgan fingerprint density at radius 1 is 1.20 bits per heavy atom. The zero-order valence-corrected chi connectivity index (χ0v) is 20.9. The zero-order chi connectivity index (χ0) is 23.3. The lowest BCUT2D eigenvalue weighted by Crippen LogP contribution is -2.50. The molecule has 0 spiro atoms. The van der Waals surface area contributed by atoms with E-state index in [-0.39, 0.29) is 24.0 Å². The zero-order valence-electron chi connectivity index (χ0n) is 19.9. The number of carbonyl (C=O) groups is 3. The topological polar surface area (TPSA) is 94.2 Å². The molecule has 0 aliphatic carbocycles. The second-order valence-corrected chi connectivity index (χ2v) is 14.9. The quantitative estimate of drug-likeness (QED) is 0.386. The van der Waals surface area contributed by atoms with E-state index < -0.39 is 32.0 Å². The van der Waals surface area contributed by atoms with E-state index in [0.29, 0.717) is 13.0 Å². The Morgan fingerprint density at radius 3 is 2.30 bits per heavy atom. The first-order valence-electron chi connectivity index (χ1n) is 10.2. The number of hydrogen-bond acceptors (Lipinski definition) is 6. The molecule has 2 amide bonds. The van der Waals surface area contributed by atoms with Crippen molar-refractivity contribution in [1.82, 2.24) is 10.2 Å². The number of rotatable bonds is 6. The van der Waals surface area contributed by atoms with Gasteiger partial charge in [0.1, 0.15) is 18.2 Å². The molecule has 1 atom stereocenters. The second kappa shape index (κ2) is 9.96. The van der Waals surface area contributed by atoms with E-state index in [1.165, 1.54) is 12.0 Å². The highest BCUT2D eigenvalue weighted by molar-refractivity contribution is 6.74. The van der Waals surface area contributed by atoms with Gasteiger partial charge >= 0.3 is 12.1 Å². The van der Waals surface area contributed by atoms with Gasteiger partial charge in [0.05, 0.1) is 13.7 Å². The summed E-state index contributed by atoms with van der Waals surface area (Å²) in [6.45, 7) is 16.5. The predicted molar refractivity (Wildman–Crippen MR) is 118 cm³/mol. The molecule has 0 aromatic carbocycles. The second-order valence-electron chi connectivity index (χ2n) is 10.1. The van der Waals surface area contributed by atoms with Crippen LogP contribution in [0.4, 0.5) is 4.79 Å². The Balaban J connectivity index is 2.99. The van der Waals surface area contributed by atoms with E-state index in [1.54, 1.807) is 20.8 Å². The normalized spacial score (nSPS) is 18.4. The molecule has 30 heavy (non-hydrogen) atoms. The van der Waals surface area contributed by atoms with Gasteiger partial charge in [-0.05, 0) is 50.9 Å². The van der Waals surface area contributed by atoms with E-state index in [2.05, 4.69) is 39.2 Å². The maximum Gasteiger partial charge on any atom is 0.408 e. The monoisotopic (exact) mass is 442 g/mol. The largest absolute Gasteiger partial charge is 0.468 e. The summed E-state index contributed by atoms with van der Waals surface area (Å²) < 4.78 is 16.3. The lowest BCUT2D eigenvalue weighted by molar-refractivity contribution is -0.147. The van der Waals surface area contributed by atoms with Crippen molar-refractivity contribution in [3.63, 3.8) is 0 Å². The Morgan fingerprint density at radius 2 is 1.80 bits per heavy atom. The number of alkyl carbamates (subject to hydrolysis) is 1. The van der Waals surface area contributed by atoms with Gasteiger partial charge in [0.2, 0.25) is 5.91 Å². The average Bonchev–Trinajstić information content (AvgIpc) is 2.71. The Hall–Kier alpha value is -1.87. The van der Waals surface area contributed by atoms with Gasteiger partial charge in [-0.15, -0.1) is 0 Å². The molecule has 8 nitrogen and oxygen atoms in total. The van der Waals surface area contributed by atoms with Crippen LogP contribution in [0.1, 0.15) is 48.0 Å². The van der Waals surface area contributed by atoms with Crippen LogP contribution in [0.2, 0.25) is 18.1 Å². The maximum atomic E-state index is 13.0. The minimum atomic E-state index is -1.98. The van der Waals surface area contributed by atoms with Crippen molar-refractivity contribution in [3.8, 4) is 0 Å². The predicted octanol–water partition coefficient (Wildman–Crippen LogP) is 3.23. The summed E-state index contributed by atoms with van der Waals surface area (Å²) in [6, 6.07) is -0.824. The van der Waals surface area contributed by atoms with Crippen molar-refractivity contribution in [2.45, 2.75) is 77.7 Å². The molecule has 0 saturated heterocycles. The van der Waals surface area contributed by atoms with E-state index in [9.17, 15) is 14.4 Å². The Labute approximate surface area is 181 Å². The fourth-order valence-electron chi connectivity index (χ4n) is 2.51. The molecular formula is C21H38N2O6Si.